The highest BCUT2D eigenvalue weighted by molar-refractivity contribution is 6.09. The van der Waals surface area contributed by atoms with Crippen molar-refractivity contribution in [2.75, 3.05) is 0 Å². The quantitative estimate of drug-likeness (QED) is 0.710. The molecule has 3 nitrogen and oxygen atoms in total. The molecule has 2 unspecified atom stereocenters. The van der Waals surface area contributed by atoms with E-state index in [1.165, 1.54) is 18.6 Å². The van der Waals surface area contributed by atoms with Gasteiger partial charge in [0.05, 0.1) is 17.7 Å². The van der Waals surface area contributed by atoms with E-state index < -0.39 is 0 Å². The molecule has 15 heavy (non-hydrogen) atoms. The molecular formula is C12H18N2O. The van der Waals surface area contributed by atoms with Gasteiger partial charge in [-0.1, -0.05) is 13.8 Å². The van der Waals surface area contributed by atoms with Gasteiger partial charge >= 0.3 is 0 Å². The van der Waals surface area contributed by atoms with Crippen LogP contribution < -0.4 is 5.43 Å². The van der Waals surface area contributed by atoms with Crippen LogP contribution in [0.15, 0.2) is 5.10 Å². The number of hydrogen-bond donors (Lipinski definition) is 1. The fraction of sp³-hybridized carbons (Fsp3) is 0.833. The number of hydrazone groups is 1. The van der Waals surface area contributed by atoms with Crippen LogP contribution in [0.25, 0.3) is 0 Å². The summed E-state index contributed by atoms with van der Waals surface area (Å²) in [5, 5.41) is 4.40. The number of fused-ring (bicyclic) bond motifs is 1. The average Bonchev–Trinajstić information content (AvgIpc) is 2.86. The minimum Gasteiger partial charge on any atom is -0.306 e. The van der Waals surface area contributed by atoms with Gasteiger partial charge in [0.15, 0.2) is 0 Å². The van der Waals surface area contributed by atoms with Crippen LogP contribution in [0.2, 0.25) is 0 Å². The number of rotatable bonds is 1. The number of carbonyl (C=O) groups excluding carboxylic acids is 1. The van der Waals surface area contributed by atoms with Gasteiger partial charge in [-0.2, -0.15) is 5.10 Å². The Hall–Kier alpha value is -0.860. The molecule has 1 heterocycles. The van der Waals surface area contributed by atoms with Gasteiger partial charge in [-0.15, -0.1) is 0 Å². The molecule has 0 saturated heterocycles. The maximum Gasteiger partial charge on any atom is 0.144 e. The van der Waals surface area contributed by atoms with E-state index in [9.17, 15) is 4.79 Å². The lowest BCUT2D eigenvalue weighted by molar-refractivity contribution is -0.126. The van der Waals surface area contributed by atoms with Gasteiger partial charge < -0.3 is 5.43 Å². The molecule has 2 saturated carbocycles. The van der Waals surface area contributed by atoms with Crippen LogP contribution in [-0.4, -0.2) is 17.5 Å². The maximum absolute atomic E-state index is 12.1. The van der Waals surface area contributed by atoms with E-state index in [1.807, 2.05) is 0 Å². The molecule has 1 aliphatic heterocycles. The average molecular weight is 206 g/mol. The van der Waals surface area contributed by atoms with E-state index in [0.717, 1.165) is 12.8 Å². The van der Waals surface area contributed by atoms with Crippen molar-refractivity contribution in [3.8, 4) is 0 Å². The van der Waals surface area contributed by atoms with Crippen molar-refractivity contribution >= 4 is 11.5 Å². The van der Waals surface area contributed by atoms with Crippen LogP contribution in [0.1, 0.15) is 39.5 Å². The normalized spacial score (nSPS) is 38.3. The van der Waals surface area contributed by atoms with Gasteiger partial charge in [0.1, 0.15) is 5.78 Å². The van der Waals surface area contributed by atoms with Crippen LogP contribution in [0, 0.1) is 17.3 Å². The highest BCUT2D eigenvalue weighted by Crippen LogP contribution is 2.43. The third-order valence-electron chi connectivity index (χ3n) is 3.85. The molecule has 3 heteroatoms. The van der Waals surface area contributed by atoms with Gasteiger partial charge in [0.2, 0.25) is 0 Å². The van der Waals surface area contributed by atoms with Crippen LogP contribution in [-0.2, 0) is 4.79 Å². The Bertz CT molecular complexity index is 342. The van der Waals surface area contributed by atoms with E-state index in [0.29, 0.717) is 11.7 Å². The lowest BCUT2D eigenvalue weighted by Crippen LogP contribution is -2.45. The van der Waals surface area contributed by atoms with Gasteiger partial charge in [-0.05, 0) is 30.6 Å². The van der Waals surface area contributed by atoms with Crippen LogP contribution in [0.3, 0.4) is 0 Å². The van der Waals surface area contributed by atoms with E-state index in [-0.39, 0.29) is 17.4 Å². The van der Waals surface area contributed by atoms with Gasteiger partial charge in [-0.3, -0.25) is 4.79 Å². The molecule has 1 N–H and O–H groups in total. The van der Waals surface area contributed by atoms with Crippen molar-refractivity contribution < 1.29 is 4.79 Å². The molecule has 0 aromatic heterocycles. The van der Waals surface area contributed by atoms with Crippen molar-refractivity contribution in [1.82, 2.24) is 5.43 Å². The zero-order chi connectivity index (χ0) is 10.6. The Morgan fingerprint density at radius 3 is 2.80 bits per heavy atom. The van der Waals surface area contributed by atoms with Crippen molar-refractivity contribution in [2.45, 2.75) is 45.6 Å². The lowest BCUT2D eigenvalue weighted by Gasteiger charge is -2.36. The largest absolute Gasteiger partial charge is 0.306 e. The molecule has 82 valence electrons. The topological polar surface area (TPSA) is 41.5 Å². The summed E-state index contributed by atoms with van der Waals surface area (Å²) in [5.74, 6) is 1.15. The SMILES string of the molecule is CC1(C)CC(=O)C2C(C3CC3)=NNC2C1. The first-order valence-electron chi connectivity index (χ1n) is 5.92. The molecule has 3 rings (SSSR count). The third kappa shape index (κ3) is 1.48. The smallest absolute Gasteiger partial charge is 0.144 e. The first kappa shape index (κ1) is 9.37. The minimum atomic E-state index is 0.116. The summed E-state index contributed by atoms with van der Waals surface area (Å²) in [7, 11) is 0. The number of carbonyl (C=O) groups is 1. The summed E-state index contributed by atoms with van der Waals surface area (Å²) >= 11 is 0. The van der Waals surface area contributed by atoms with E-state index in [2.05, 4.69) is 24.4 Å². The first-order chi connectivity index (χ1) is 7.07. The van der Waals surface area contributed by atoms with Crippen LogP contribution >= 0.6 is 0 Å². The molecule has 0 radical (unpaired) electrons. The number of nitrogens with one attached hydrogen (secondary N) is 1. The van der Waals surface area contributed by atoms with Gasteiger partial charge in [-0.25, -0.2) is 0 Å². The second-order valence-electron chi connectivity index (χ2n) is 6.04. The fourth-order valence-electron chi connectivity index (χ4n) is 3.03. The summed E-state index contributed by atoms with van der Waals surface area (Å²) in [5.41, 5.74) is 4.50. The van der Waals surface area contributed by atoms with Crippen molar-refractivity contribution in [1.29, 1.82) is 0 Å². The molecule has 0 amide bonds. The Labute approximate surface area is 90.3 Å². The van der Waals surface area contributed by atoms with Crippen molar-refractivity contribution in [2.24, 2.45) is 22.4 Å². The predicted molar refractivity (Wildman–Crippen MR) is 58.6 cm³/mol. The molecule has 3 aliphatic rings. The standard InChI is InChI=1S/C12H18N2O/c1-12(2)5-8-10(9(15)6-12)11(14-13-8)7-3-4-7/h7-8,10,13H,3-6H2,1-2H3. The van der Waals surface area contributed by atoms with Crippen LogP contribution in [0.4, 0.5) is 0 Å². The molecule has 0 aromatic carbocycles. The molecule has 2 atom stereocenters. The molecule has 0 spiro atoms. The molecule has 2 aliphatic carbocycles. The molecular weight excluding hydrogens is 188 g/mol. The van der Waals surface area contributed by atoms with Gasteiger partial charge in [0.25, 0.3) is 0 Å². The van der Waals surface area contributed by atoms with Crippen molar-refractivity contribution in [3.05, 3.63) is 0 Å². The summed E-state index contributed by atoms with van der Waals surface area (Å²) in [6.45, 7) is 4.36. The Morgan fingerprint density at radius 1 is 1.40 bits per heavy atom. The lowest BCUT2D eigenvalue weighted by atomic mass is 9.68. The fourth-order valence-corrected chi connectivity index (χ4v) is 3.03. The predicted octanol–water partition coefficient (Wildman–Crippen LogP) is 1.73. The van der Waals surface area contributed by atoms with E-state index in [1.54, 1.807) is 0 Å². The Kier molecular flexibility index (Phi) is 1.77. The first-order valence-corrected chi connectivity index (χ1v) is 5.92. The zero-order valence-corrected chi connectivity index (χ0v) is 9.42. The van der Waals surface area contributed by atoms with Crippen LogP contribution in [0.5, 0.6) is 0 Å². The summed E-state index contributed by atoms with van der Waals surface area (Å²) in [4.78, 5) is 12.1. The summed E-state index contributed by atoms with van der Waals surface area (Å²) in [6.07, 6.45) is 4.27. The number of ketones is 1. The highest BCUT2D eigenvalue weighted by Gasteiger charge is 2.49. The maximum atomic E-state index is 12.1. The number of nitrogens with zero attached hydrogens (tertiary/aromatic N) is 1. The highest BCUT2D eigenvalue weighted by atomic mass is 16.1. The van der Waals surface area contributed by atoms with Crippen molar-refractivity contribution in [3.63, 3.8) is 0 Å². The minimum absolute atomic E-state index is 0.116. The second-order valence-corrected chi connectivity index (χ2v) is 6.04. The van der Waals surface area contributed by atoms with E-state index in [4.69, 9.17) is 0 Å². The zero-order valence-electron chi connectivity index (χ0n) is 9.42. The molecule has 0 aromatic rings. The van der Waals surface area contributed by atoms with Gasteiger partial charge in [0, 0.05) is 6.42 Å². The molecule has 0 bridgehead atoms. The number of Topliss-reactive ketones (excluding diaryl/α,β-unsaturated/α-hetero) is 1. The Balaban J connectivity index is 1.84. The summed E-state index contributed by atoms with van der Waals surface area (Å²) < 4.78 is 0. The summed E-state index contributed by atoms with van der Waals surface area (Å²) in [6, 6.07) is 0.289. The Morgan fingerprint density at radius 2 is 2.13 bits per heavy atom. The second kappa shape index (κ2) is 2.83. The van der Waals surface area contributed by atoms with E-state index >= 15 is 0 Å². The number of hydrogen-bond acceptors (Lipinski definition) is 3. The monoisotopic (exact) mass is 206 g/mol. The molecule has 2 fully saturated rings. The third-order valence-corrected chi connectivity index (χ3v) is 3.85.